The molecule has 0 saturated carbocycles. The Kier molecular flexibility index (Phi) is 4.82. The SMILES string of the molecule is COc1cc(Nc2ccc(C(C)C)cc2)ccc1C=NN. The summed E-state index contributed by atoms with van der Waals surface area (Å²) in [5.74, 6) is 6.45. The maximum Gasteiger partial charge on any atom is 0.129 e. The summed E-state index contributed by atoms with van der Waals surface area (Å²) in [6.45, 7) is 4.37. The summed E-state index contributed by atoms with van der Waals surface area (Å²) in [5.41, 5.74) is 4.17. The Bertz CT molecular complexity index is 618. The van der Waals surface area contributed by atoms with Crippen molar-refractivity contribution >= 4 is 17.6 Å². The minimum absolute atomic E-state index is 0.536. The molecule has 0 bridgehead atoms. The second-order valence-corrected chi connectivity index (χ2v) is 5.14. The van der Waals surface area contributed by atoms with Gasteiger partial charge in [-0.3, -0.25) is 0 Å². The van der Waals surface area contributed by atoms with Gasteiger partial charge >= 0.3 is 0 Å². The average molecular weight is 283 g/mol. The summed E-state index contributed by atoms with van der Waals surface area (Å²) in [7, 11) is 1.63. The number of hydrogen-bond donors (Lipinski definition) is 2. The van der Waals surface area contributed by atoms with Gasteiger partial charge in [0.2, 0.25) is 0 Å². The van der Waals surface area contributed by atoms with Crippen molar-refractivity contribution in [2.75, 3.05) is 12.4 Å². The number of hydrogen-bond acceptors (Lipinski definition) is 4. The van der Waals surface area contributed by atoms with Crippen LogP contribution < -0.4 is 15.9 Å². The van der Waals surface area contributed by atoms with Crippen molar-refractivity contribution in [3.63, 3.8) is 0 Å². The number of ether oxygens (including phenoxy) is 1. The van der Waals surface area contributed by atoms with E-state index in [2.05, 4.69) is 48.5 Å². The van der Waals surface area contributed by atoms with Crippen molar-refractivity contribution in [1.29, 1.82) is 0 Å². The van der Waals surface area contributed by atoms with Gasteiger partial charge in [-0.15, -0.1) is 0 Å². The predicted octanol–water partition coefficient (Wildman–Crippen LogP) is 3.85. The highest BCUT2D eigenvalue weighted by atomic mass is 16.5. The number of nitrogens with zero attached hydrogens (tertiary/aromatic N) is 1. The Morgan fingerprint density at radius 3 is 2.33 bits per heavy atom. The van der Waals surface area contributed by atoms with Crippen LogP contribution in [0.4, 0.5) is 11.4 Å². The molecule has 0 aromatic heterocycles. The third-order valence-electron chi connectivity index (χ3n) is 3.31. The molecule has 0 fully saturated rings. The van der Waals surface area contributed by atoms with Gasteiger partial charge in [0.25, 0.3) is 0 Å². The van der Waals surface area contributed by atoms with Gasteiger partial charge in [-0.25, -0.2) is 0 Å². The molecule has 0 aliphatic carbocycles. The van der Waals surface area contributed by atoms with E-state index >= 15 is 0 Å². The fourth-order valence-corrected chi connectivity index (χ4v) is 2.09. The zero-order valence-electron chi connectivity index (χ0n) is 12.6. The number of rotatable bonds is 5. The maximum atomic E-state index is 5.34. The van der Waals surface area contributed by atoms with Gasteiger partial charge in [0.15, 0.2) is 0 Å². The predicted molar refractivity (Wildman–Crippen MR) is 88.6 cm³/mol. The van der Waals surface area contributed by atoms with Gasteiger partial charge in [0, 0.05) is 23.0 Å². The Labute approximate surface area is 125 Å². The Morgan fingerprint density at radius 2 is 1.76 bits per heavy atom. The van der Waals surface area contributed by atoms with E-state index in [1.54, 1.807) is 13.3 Å². The standard InChI is InChI=1S/C17H21N3O/c1-12(2)13-4-7-15(8-5-13)20-16-9-6-14(11-19-18)17(10-16)21-3/h4-12,20H,18H2,1-3H3. The molecule has 0 amide bonds. The van der Waals surface area contributed by atoms with Gasteiger partial charge in [0.05, 0.1) is 13.3 Å². The van der Waals surface area contributed by atoms with Crippen LogP contribution >= 0.6 is 0 Å². The van der Waals surface area contributed by atoms with E-state index in [-0.39, 0.29) is 0 Å². The van der Waals surface area contributed by atoms with Crippen LogP contribution in [0.3, 0.4) is 0 Å². The van der Waals surface area contributed by atoms with Crippen molar-refractivity contribution in [3.05, 3.63) is 53.6 Å². The third-order valence-corrected chi connectivity index (χ3v) is 3.31. The van der Waals surface area contributed by atoms with Crippen LogP contribution in [0.25, 0.3) is 0 Å². The molecule has 21 heavy (non-hydrogen) atoms. The molecule has 0 spiro atoms. The number of hydrazone groups is 1. The van der Waals surface area contributed by atoms with Crippen molar-refractivity contribution in [3.8, 4) is 5.75 Å². The highest BCUT2D eigenvalue weighted by Gasteiger charge is 2.04. The molecule has 2 aromatic carbocycles. The Hall–Kier alpha value is -2.49. The lowest BCUT2D eigenvalue weighted by Gasteiger charge is -2.11. The molecule has 4 nitrogen and oxygen atoms in total. The number of anilines is 2. The number of benzene rings is 2. The number of nitrogens with two attached hydrogens (primary N) is 1. The molecule has 0 unspecified atom stereocenters. The molecular formula is C17H21N3O. The van der Waals surface area contributed by atoms with Gasteiger partial charge in [0.1, 0.15) is 5.75 Å². The molecule has 0 heterocycles. The van der Waals surface area contributed by atoms with Gasteiger partial charge < -0.3 is 15.9 Å². The molecule has 3 N–H and O–H groups in total. The smallest absolute Gasteiger partial charge is 0.129 e. The fourth-order valence-electron chi connectivity index (χ4n) is 2.09. The van der Waals surface area contributed by atoms with Crippen LogP contribution in [0.2, 0.25) is 0 Å². The van der Waals surface area contributed by atoms with Crippen LogP contribution in [0, 0.1) is 0 Å². The molecule has 110 valence electrons. The van der Waals surface area contributed by atoms with Crippen LogP contribution in [0.1, 0.15) is 30.9 Å². The van der Waals surface area contributed by atoms with E-state index in [1.165, 1.54) is 5.56 Å². The van der Waals surface area contributed by atoms with Crippen LogP contribution in [-0.2, 0) is 0 Å². The first-order valence-corrected chi connectivity index (χ1v) is 6.92. The van der Waals surface area contributed by atoms with Gasteiger partial charge in [-0.2, -0.15) is 5.10 Å². The van der Waals surface area contributed by atoms with Crippen molar-refractivity contribution in [1.82, 2.24) is 0 Å². The maximum absolute atomic E-state index is 5.34. The molecule has 2 aromatic rings. The second kappa shape index (κ2) is 6.79. The second-order valence-electron chi connectivity index (χ2n) is 5.14. The summed E-state index contributed by atoms with van der Waals surface area (Å²) in [6.07, 6.45) is 1.57. The molecule has 0 atom stereocenters. The summed E-state index contributed by atoms with van der Waals surface area (Å²) in [5, 5.41) is 6.89. The summed E-state index contributed by atoms with van der Waals surface area (Å²) >= 11 is 0. The highest BCUT2D eigenvalue weighted by Crippen LogP contribution is 2.25. The summed E-state index contributed by atoms with van der Waals surface area (Å²) in [6, 6.07) is 14.2. The lowest BCUT2D eigenvalue weighted by Crippen LogP contribution is -1.96. The van der Waals surface area contributed by atoms with Crippen molar-refractivity contribution in [2.45, 2.75) is 19.8 Å². The minimum atomic E-state index is 0.536. The monoisotopic (exact) mass is 283 g/mol. The number of methoxy groups -OCH3 is 1. The van der Waals surface area contributed by atoms with E-state index in [0.717, 1.165) is 22.7 Å². The summed E-state index contributed by atoms with van der Waals surface area (Å²) < 4.78 is 5.34. The first-order valence-electron chi connectivity index (χ1n) is 6.92. The first-order chi connectivity index (χ1) is 10.1. The first kappa shape index (κ1) is 14.9. The third kappa shape index (κ3) is 3.75. The largest absolute Gasteiger partial charge is 0.496 e. The lowest BCUT2D eigenvalue weighted by atomic mass is 10.0. The van der Waals surface area contributed by atoms with E-state index < -0.39 is 0 Å². The zero-order chi connectivity index (χ0) is 15.2. The molecule has 0 saturated heterocycles. The highest BCUT2D eigenvalue weighted by molar-refractivity contribution is 5.84. The van der Waals surface area contributed by atoms with Gasteiger partial charge in [-0.1, -0.05) is 26.0 Å². The molecule has 0 aliphatic rings. The topological polar surface area (TPSA) is 59.6 Å². The fraction of sp³-hybridized carbons (Fsp3) is 0.235. The molecule has 4 heteroatoms. The van der Waals surface area contributed by atoms with Crippen molar-refractivity contribution in [2.24, 2.45) is 10.9 Å². The van der Waals surface area contributed by atoms with E-state index in [4.69, 9.17) is 10.6 Å². The molecule has 0 radical (unpaired) electrons. The lowest BCUT2D eigenvalue weighted by molar-refractivity contribution is 0.414. The van der Waals surface area contributed by atoms with E-state index in [9.17, 15) is 0 Å². The average Bonchev–Trinajstić information content (AvgIpc) is 2.49. The summed E-state index contributed by atoms with van der Waals surface area (Å²) in [4.78, 5) is 0. The van der Waals surface area contributed by atoms with Gasteiger partial charge in [-0.05, 0) is 35.7 Å². The zero-order valence-corrected chi connectivity index (χ0v) is 12.6. The van der Waals surface area contributed by atoms with Crippen LogP contribution in [0.15, 0.2) is 47.6 Å². The van der Waals surface area contributed by atoms with E-state index in [1.807, 2.05) is 18.2 Å². The van der Waals surface area contributed by atoms with Crippen LogP contribution in [0.5, 0.6) is 5.75 Å². The quantitative estimate of drug-likeness (QED) is 0.497. The van der Waals surface area contributed by atoms with E-state index in [0.29, 0.717) is 5.92 Å². The number of nitrogens with one attached hydrogen (secondary N) is 1. The van der Waals surface area contributed by atoms with Crippen LogP contribution in [-0.4, -0.2) is 13.3 Å². The molecule has 0 aliphatic heterocycles. The molecular weight excluding hydrogens is 262 g/mol. The Balaban J connectivity index is 2.19. The minimum Gasteiger partial charge on any atom is -0.496 e. The Morgan fingerprint density at radius 1 is 1.10 bits per heavy atom. The van der Waals surface area contributed by atoms with Crippen molar-refractivity contribution < 1.29 is 4.74 Å². The molecule has 2 rings (SSSR count). The normalized spacial score (nSPS) is 11.0.